The molecule has 0 spiro atoms. The van der Waals surface area contributed by atoms with Gasteiger partial charge in [-0.05, 0) is 73.1 Å². The average molecular weight is 649 g/mol. The summed E-state index contributed by atoms with van der Waals surface area (Å²) in [5.74, 6) is -0.755. The molecule has 12 heteroatoms. The summed E-state index contributed by atoms with van der Waals surface area (Å²) in [6.07, 6.45) is 3.64. The van der Waals surface area contributed by atoms with Crippen LogP contribution < -0.4 is 10.1 Å². The zero-order chi connectivity index (χ0) is 32.7. The number of likely N-dealkylation sites (tertiary alicyclic amines) is 1. The third-order valence-electron chi connectivity index (χ3n) is 9.52. The zero-order valence-corrected chi connectivity index (χ0v) is 25.7. The van der Waals surface area contributed by atoms with E-state index < -0.39 is 17.7 Å². The molecule has 246 valence electrons. The van der Waals surface area contributed by atoms with Crippen LogP contribution in [0.3, 0.4) is 0 Å². The number of hydrogen-bond acceptors (Lipinski definition) is 7. The van der Waals surface area contributed by atoms with E-state index >= 15 is 0 Å². The summed E-state index contributed by atoms with van der Waals surface area (Å²) >= 11 is 0. The molecule has 3 aromatic rings. The molecule has 2 atom stereocenters. The molecular formula is C35H35F3N4O5. The first-order valence-corrected chi connectivity index (χ1v) is 16.0. The van der Waals surface area contributed by atoms with E-state index in [1.165, 1.54) is 10.7 Å². The quantitative estimate of drug-likeness (QED) is 0.279. The van der Waals surface area contributed by atoms with Gasteiger partial charge in [0.15, 0.2) is 5.78 Å². The maximum atomic E-state index is 14.1. The molecule has 4 heterocycles. The number of carbonyl (C=O) groups excluding carboxylic acids is 3. The summed E-state index contributed by atoms with van der Waals surface area (Å²) in [6.45, 7) is 2.97. The van der Waals surface area contributed by atoms with Crippen LogP contribution in [0.5, 0.6) is 5.75 Å². The fourth-order valence-electron chi connectivity index (χ4n) is 7.08. The standard InChI is InChI=1S/C35H35F3N4O5/c36-35(37,38)31-16-26(2-4-29(31)22-8-11-46-12-9-22)42-19-21(17-39-42)18-41-10-7-28(20-41)47-27-3-5-30-24(15-27)14-25(33(30)44)13-23-1-6-32(43)40-34(23)45/h2-5,13,15-17,19,22-23,28H,1,6-12,14,18,20H2,(H,40,43,45)/t23?,28-/m0/s1. The van der Waals surface area contributed by atoms with Crippen LogP contribution in [0.2, 0.25) is 0 Å². The number of nitrogens with one attached hydrogen (secondary N) is 1. The van der Waals surface area contributed by atoms with Crippen molar-refractivity contribution >= 4 is 17.6 Å². The predicted molar refractivity (Wildman–Crippen MR) is 164 cm³/mol. The summed E-state index contributed by atoms with van der Waals surface area (Å²) < 4.78 is 55.3. The highest BCUT2D eigenvalue weighted by molar-refractivity contribution is 6.13. The van der Waals surface area contributed by atoms with Gasteiger partial charge in [-0.1, -0.05) is 12.1 Å². The van der Waals surface area contributed by atoms with Crippen molar-refractivity contribution in [3.63, 3.8) is 0 Å². The van der Waals surface area contributed by atoms with Crippen LogP contribution >= 0.6 is 0 Å². The molecule has 7 rings (SSSR count). The van der Waals surface area contributed by atoms with Crippen molar-refractivity contribution in [2.75, 3.05) is 26.3 Å². The van der Waals surface area contributed by atoms with E-state index in [-0.39, 0.29) is 36.0 Å². The minimum absolute atomic E-state index is 0.0641. The Balaban J connectivity index is 0.966. The lowest BCUT2D eigenvalue weighted by molar-refractivity contribution is -0.139. The molecule has 3 fully saturated rings. The smallest absolute Gasteiger partial charge is 0.416 e. The Labute approximate surface area is 269 Å². The second-order valence-electron chi connectivity index (χ2n) is 12.8. The normalized spacial score (nSPS) is 23.4. The number of Topliss-reactive ketones (excluding diaryl/α,β-unsaturated/α-hetero) is 1. The first kappa shape index (κ1) is 31.3. The Morgan fingerprint density at radius 2 is 1.87 bits per heavy atom. The van der Waals surface area contributed by atoms with Gasteiger partial charge in [0.1, 0.15) is 11.9 Å². The molecule has 0 radical (unpaired) electrons. The molecule has 3 aliphatic heterocycles. The van der Waals surface area contributed by atoms with Crippen LogP contribution in [-0.4, -0.2) is 64.7 Å². The Morgan fingerprint density at radius 1 is 1.04 bits per heavy atom. The van der Waals surface area contributed by atoms with Gasteiger partial charge in [0.25, 0.3) is 0 Å². The highest BCUT2D eigenvalue weighted by Crippen LogP contribution is 2.39. The Bertz CT molecular complexity index is 1740. The van der Waals surface area contributed by atoms with Gasteiger partial charge in [0.05, 0.1) is 23.4 Å². The topological polar surface area (TPSA) is 103 Å². The van der Waals surface area contributed by atoms with Crippen molar-refractivity contribution in [1.29, 1.82) is 0 Å². The van der Waals surface area contributed by atoms with E-state index in [0.717, 1.165) is 24.1 Å². The third-order valence-corrected chi connectivity index (χ3v) is 9.52. The largest absolute Gasteiger partial charge is 0.489 e. The van der Waals surface area contributed by atoms with Crippen LogP contribution in [0, 0.1) is 5.92 Å². The number of imide groups is 1. The van der Waals surface area contributed by atoms with Gasteiger partial charge in [-0.2, -0.15) is 18.3 Å². The number of carbonyl (C=O) groups is 3. The second kappa shape index (κ2) is 12.7. The number of piperidine rings is 1. The predicted octanol–water partition coefficient (Wildman–Crippen LogP) is 5.16. The van der Waals surface area contributed by atoms with E-state index in [9.17, 15) is 27.6 Å². The minimum atomic E-state index is -4.46. The zero-order valence-electron chi connectivity index (χ0n) is 25.7. The fourth-order valence-corrected chi connectivity index (χ4v) is 7.08. The molecule has 2 amide bonds. The molecule has 0 bridgehead atoms. The molecule has 4 aliphatic rings. The van der Waals surface area contributed by atoms with Gasteiger partial charge >= 0.3 is 6.18 Å². The molecule has 1 aliphatic carbocycles. The van der Waals surface area contributed by atoms with Crippen LogP contribution in [0.4, 0.5) is 13.2 Å². The fraction of sp³-hybridized carbons (Fsp3) is 0.429. The molecule has 1 aromatic heterocycles. The van der Waals surface area contributed by atoms with Gasteiger partial charge in [-0.25, -0.2) is 4.68 Å². The summed E-state index contributed by atoms with van der Waals surface area (Å²) in [4.78, 5) is 38.8. The number of hydrogen-bond donors (Lipinski definition) is 1. The minimum Gasteiger partial charge on any atom is -0.489 e. The highest BCUT2D eigenvalue weighted by atomic mass is 19.4. The Kier molecular flexibility index (Phi) is 8.48. The number of aromatic nitrogens is 2. The van der Waals surface area contributed by atoms with Crippen LogP contribution in [-0.2, 0) is 33.5 Å². The van der Waals surface area contributed by atoms with Crippen molar-refractivity contribution in [3.8, 4) is 11.4 Å². The second-order valence-corrected chi connectivity index (χ2v) is 12.8. The number of halogens is 3. The number of allylic oxidation sites excluding steroid dienone is 1. The maximum absolute atomic E-state index is 14.1. The van der Waals surface area contributed by atoms with E-state index in [2.05, 4.69) is 15.3 Å². The highest BCUT2D eigenvalue weighted by Gasteiger charge is 2.36. The molecule has 47 heavy (non-hydrogen) atoms. The van der Waals surface area contributed by atoms with Crippen LogP contribution in [0.25, 0.3) is 5.69 Å². The lowest BCUT2D eigenvalue weighted by atomic mass is 9.88. The lowest BCUT2D eigenvalue weighted by Crippen LogP contribution is -2.40. The number of benzene rings is 2. The van der Waals surface area contributed by atoms with Crippen molar-refractivity contribution < 1.29 is 37.0 Å². The molecule has 3 saturated heterocycles. The molecule has 2 aromatic carbocycles. The lowest BCUT2D eigenvalue weighted by Gasteiger charge is -2.25. The number of amides is 2. The maximum Gasteiger partial charge on any atom is 0.416 e. The van der Waals surface area contributed by atoms with Crippen LogP contribution in [0.15, 0.2) is 60.4 Å². The summed E-state index contributed by atoms with van der Waals surface area (Å²) in [7, 11) is 0. The number of nitrogens with zero attached hydrogens (tertiary/aromatic N) is 3. The first-order chi connectivity index (χ1) is 22.6. The van der Waals surface area contributed by atoms with Crippen molar-refractivity contribution in [2.24, 2.45) is 5.92 Å². The molecule has 9 nitrogen and oxygen atoms in total. The van der Waals surface area contributed by atoms with Crippen molar-refractivity contribution in [1.82, 2.24) is 20.0 Å². The van der Waals surface area contributed by atoms with Crippen molar-refractivity contribution in [2.45, 2.75) is 63.3 Å². The Morgan fingerprint density at radius 3 is 2.66 bits per heavy atom. The number of rotatable bonds is 7. The average Bonchev–Trinajstić information content (AvgIpc) is 3.78. The van der Waals surface area contributed by atoms with Gasteiger partial charge in [0.2, 0.25) is 11.8 Å². The van der Waals surface area contributed by atoms with Crippen LogP contribution in [0.1, 0.15) is 70.6 Å². The Hall–Kier alpha value is -4.29. The van der Waals surface area contributed by atoms with Crippen molar-refractivity contribution in [3.05, 3.63) is 88.3 Å². The molecule has 0 saturated carbocycles. The summed E-state index contributed by atoms with van der Waals surface area (Å²) in [6, 6.07) is 9.92. The monoisotopic (exact) mass is 648 g/mol. The third kappa shape index (κ3) is 6.75. The van der Waals surface area contributed by atoms with Gasteiger partial charge in [-0.15, -0.1) is 0 Å². The van der Waals surface area contributed by atoms with E-state index in [1.54, 1.807) is 42.7 Å². The summed E-state index contributed by atoms with van der Waals surface area (Å²) in [5, 5.41) is 6.70. The van der Waals surface area contributed by atoms with E-state index in [1.807, 2.05) is 6.07 Å². The van der Waals surface area contributed by atoms with Gasteiger partial charge in [-0.3, -0.25) is 24.6 Å². The van der Waals surface area contributed by atoms with Gasteiger partial charge in [0, 0.05) is 68.6 Å². The van der Waals surface area contributed by atoms with E-state index in [0.29, 0.717) is 80.1 Å². The van der Waals surface area contributed by atoms with Gasteiger partial charge < -0.3 is 9.47 Å². The number of ketones is 1. The number of fused-ring (bicyclic) bond motifs is 1. The SMILES string of the molecule is O=C1CCC(C=C2Cc3cc(O[C@H]4CCN(Cc5cnn(-c6ccc(C7CCOCC7)c(C(F)(F)F)c6)c5)C4)ccc3C2=O)C(=O)N1. The molecule has 1 unspecified atom stereocenters. The number of ether oxygens (including phenoxy) is 2. The molecular weight excluding hydrogens is 613 g/mol. The number of alkyl halides is 3. The van der Waals surface area contributed by atoms with E-state index in [4.69, 9.17) is 9.47 Å². The molecule has 1 N–H and O–H groups in total. The summed E-state index contributed by atoms with van der Waals surface area (Å²) in [5.41, 5.74) is 2.97. The first-order valence-electron chi connectivity index (χ1n) is 16.0.